The van der Waals surface area contributed by atoms with Crippen molar-refractivity contribution >= 4 is 11.8 Å². The Labute approximate surface area is 104 Å². The number of hydrogen-bond donors (Lipinski definition) is 0. The van der Waals surface area contributed by atoms with Crippen molar-refractivity contribution in [2.75, 3.05) is 6.61 Å². The van der Waals surface area contributed by atoms with Gasteiger partial charge in [-0.05, 0) is 19.3 Å². The summed E-state index contributed by atoms with van der Waals surface area (Å²) in [7, 11) is 0. The number of carbonyl (C=O) groups excluding carboxylic acids is 2. The summed E-state index contributed by atoms with van der Waals surface area (Å²) in [5, 5.41) is 0. The van der Waals surface area contributed by atoms with Gasteiger partial charge in [-0.3, -0.25) is 9.59 Å². The normalized spacial score (nSPS) is 17.5. The van der Waals surface area contributed by atoms with Crippen LogP contribution in [-0.2, 0) is 14.3 Å². The van der Waals surface area contributed by atoms with E-state index in [1.54, 1.807) is 0 Å². The largest absolute Gasteiger partial charge is 0.466 e. The highest BCUT2D eigenvalue weighted by Gasteiger charge is 2.20. The maximum atomic E-state index is 11.9. The molecule has 0 radical (unpaired) electrons. The Morgan fingerprint density at radius 3 is 2.29 bits per heavy atom. The van der Waals surface area contributed by atoms with Crippen LogP contribution >= 0.6 is 0 Å². The van der Waals surface area contributed by atoms with Crippen molar-refractivity contribution in [3.63, 3.8) is 0 Å². The van der Waals surface area contributed by atoms with Crippen molar-refractivity contribution in [1.29, 1.82) is 0 Å². The van der Waals surface area contributed by atoms with E-state index in [4.69, 9.17) is 4.74 Å². The Kier molecular flexibility index (Phi) is 6.90. The van der Waals surface area contributed by atoms with Crippen LogP contribution in [0.25, 0.3) is 0 Å². The fourth-order valence-corrected chi connectivity index (χ4v) is 2.32. The average Bonchev–Trinajstić information content (AvgIpc) is 2.62. The van der Waals surface area contributed by atoms with Crippen LogP contribution in [0.2, 0.25) is 0 Å². The fraction of sp³-hybridized carbons (Fsp3) is 0.857. The monoisotopic (exact) mass is 240 g/mol. The molecule has 0 aromatic heterocycles. The third kappa shape index (κ3) is 5.85. The third-order valence-corrected chi connectivity index (χ3v) is 3.35. The zero-order valence-corrected chi connectivity index (χ0v) is 10.9. The molecule has 1 aliphatic carbocycles. The molecule has 3 heteroatoms. The second kappa shape index (κ2) is 8.26. The van der Waals surface area contributed by atoms with E-state index in [1.807, 2.05) is 6.92 Å². The first-order valence-electron chi connectivity index (χ1n) is 6.92. The number of carbonyl (C=O) groups is 2. The quantitative estimate of drug-likeness (QED) is 0.528. The van der Waals surface area contributed by atoms with Gasteiger partial charge < -0.3 is 4.74 Å². The van der Waals surface area contributed by atoms with Gasteiger partial charge in [-0.15, -0.1) is 0 Å². The predicted octanol–water partition coefficient (Wildman–Crippen LogP) is 3.26. The summed E-state index contributed by atoms with van der Waals surface area (Å²) >= 11 is 0. The highest BCUT2D eigenvalue weighted by Crippen LogP contribution is 2.24. The van der Waals surface area contributed by atoms with Gasteiger partial charge in [0, 0.05) is 12.3 Å². The van der Waals surface area contributed by atoms with E-state index in [-0.39, 0.29) is 24.1 Å². The first kappa shape index (κ1) is 14.2. The summed E-state index contributed by atoms with van der Waals surface area (Å²) in [6.45, 7) is 2.43. The van der Waals surface area contributed by atoms with E-state index >= 15 is 0 Å². The maximum Gasteiger partial charge on any atom is 0.306 e. The van der Waals surface area contributed by atoms with Crippen LogP contribution in [0.3, 0.4) is 0 Å². The zero-order valence-electron chi connectivity index (χ0n) is 10.9. The van der Waals surface area contributed by atoms with Crippen molar-refractivity contribution in [3.05, 3.63) is 0 Å². The molecule has 98 valence electrons. The molecular formula is C14H24O3. The molecule has 1 rings (SSSR count). The molecule has 17 heavy (non-hydrogen) atoms. The molecule has 3 nitrogen and oxygen atoms in total. The Hall–Kier alpha value is -0.860. The lowest BCUT2D eigenvalue weighted by molar-refractivity contribution is -0.145. The van der Waals surface area contributed by atoms with Crippen LogP contribution in [-0.4, -0.2) is 18.4 Å². The summed E-state index contributed by atoms with van der Waals surface area (Å²) in [5.74, 6) is 0.241. The maximum absolute atomic E-state index is 11.9. The van der Waals surface area contributed by atoms with Gasteiger partial charge in [-0.25, -0.2) is 0 Å². The summed E-state index contributed by atoms with van der Waals surface area (Å²) in [6, 6.07) is 0. The molecule has 0 bridgehead atoms. The van der Waals surface area contributed by atoms with Gasteiger partial charge in [0.15, 0.2) is 0 Å². The van der Waals surface area contributed by atoms with E-state index in [9.17, 15) is 9.59 Å². The number of rotatable bonds is 6. The third-order valence-electron chi connectivity index (χ3n) is 3.35. The number of esters is 1. The van der Waals surface area contributed by atoms with Crippen LogP contribution in [0.4, 0.5) is 0 Å². The smallest absolute Gasteiger partial charge is 0.306 e. The zero-order chi connectivity index (χ0) is 12.5. The molecule has 0 saturated heterocycles. The standard InChI is InChI=1S/C14H24O3/c1-2-11-17-14(16)10-9-13(15)12-7-5-3-4-6-8-12/h12H,2-11H2,1H3. The lowest BCUT2D eigenvalue weighted by Gasteiger charge is -2.12. The van der Waals surface area contributed by atoms with Crippen LogP contribution in [0.1, 0.15) is 64.7 Å². The van der Waals surface area contributed by atoms with Gasteiger partial charge in [-0.1, -0.05) is 32.6 Å². The molecule has 1 saturated carbocycles. The van der Waals surface area contributed by atoms with E-state index in [1.165, 1.54) is 12.8 Å². The van der Waals surface area contributed by atoms with Crippen LogP contribution in [0.15, 0.2) is 0 Å². The average molecular weight is 240 g/mol. The fourth-order valence-electron chi connectivity index (χ4n) is 2.32. The summed E-state index contributed by atoms with van der Waals surface area (Å²) in [4.78, 5) is 23.2. The molecule has 0 atom stereocenters. The van der Waals surface area contributed by atoms with Crippen LogP contribution in [0.5, 0.6) is 0 Å². The van der Waals surface area contributed by atoms with E-state index in [0.29, 0.717) is 13.0 Å². The minimum absolute atomic E-state index is 0.205. The molecule has 1 fully saturated rings. The van der Waals surface area contributed by atoms with E-state index in [2.05, 4.69) is 0 Å². The van der Waals surface area contributed by atoms with Crippen LogP contribution in [0, 0.1) is 5.92 Å². The number of Topliss-reactive ketones (excluding diaryl/α,β-unsaturated/α-hetero) is 1. The lowest BCUT2D eigenvalue weighted by Crippen LogP contribution is -2.16. The minimum atomic E-state index is -0.228. The second-order valence-corrected chi connectivity index (χ2v) is 4.88. The Balaban J connectivity index is 2.21. The molecule has 0 aliphatic heterocycles. The first-order chi connectivity index (χ1) is 8.24. The van der Waals surface area contributed by atoms with Gasteiger partial charge in [-0.2, -0.15) is 0 Å². The molecule has 0 unspecified atom stereocenters. The molecule has 0 aromatic carbocycles. The molecule has 1 aliphatic rings. The van der Waals surface area contributed by atoms with Gasteiger partial charge in [0.2, 0.25) is 0 Å². The number of ether oxygens (including phenoxy) is 1. The highest BCUT2D eigenvalue weighted by atomic mass is 16.5. The molecule has 0 heterocycles. The Bertz CT molecular complexity index is 240. The number of hydrogen-bond acceptors (Lipinski definition) is 3. The van der Waals surface area contributed by atoms with E-state index < -0.39 is 0 Å². The van der Waals surface area contributed by atoms with Gasteiger partial charge in [0.25, 0.3) is 0 Å². The SMILES string of the molecule is CCCOC(=O)CCC(=O)C1CCCCCC1. The lowest BCUT2D eigenvalue weighted by atomic mass is 9.93. The van der Waals surface area contributed by atoms with Crippen molar-refractivity contribution in [1.82, 2.24) is 0 Å². The highest BCUT2D eigenvalue weighted by molar-refractivity contribution is 5.84. The molecule has 0 amide bonds. The predicted molar refractivity (Wildman–Crippen MR) is 66.7 cm³/mol. The topological polar surface area (TPSA) is 43.4 Å². The molecule has 0 N–H and O–H groups in total. The van der Waals surface area contributed by atoms with Crippen molar-refractivity contribution in [3.8, 4) is 0 Å². The molecular weight excluding hydrogens is 216 g/mol. The van der Waals surface area contributed by atoms with Crippen molar-refractivity contribution in [2.45, 2.75) is 64.7 Å². The summed E-state index contributed by atoms with van der Waals surface area (Å²) in [5.41, 5.74) is 0. The van der Waals surface area contributed by atoms with Crippen molar-refractivity contribution < 1.29 is 14.3 Å². The van der Waals surface area contributed by atoms with Gasteiger partial charge in [0.05, 0.1) is 13.0 Å². The number of ketones is 1. The Morgan fingerprint density at radius 2 is 1.71 bits per heavy atom. The van der Waals surface area contributed by atoms with Crippen molar-refractivity contribution in [2.24, 2.45) is 5.92 Å². The van der Waals surface area contributed by atoms with E-state index in [0.717, 1.165) is 32.1 Å². The minimum Gasteiger partial charge on any atom is -0.466 e. The molecule has 0 spiro atoms. The van der Waals surface area contributed by atoms with Gasteiger partial charge in [0.1, 0.15) is 5.78 Å². The second-order valence-electron chi connectivity index (χ2n) is 4.88. The Morgan fingerprint density at radius 1 is 1.06 bits per heavy atom. The summed E-state index contributed by atoms with van der Waals surface area (Å²) < 4.78 is 4.96. The first-order valence-corrected chi connectivity index (χ1v) is 6.92. The van der Waals surface area contributed by atoms with Crippen LogP contribution < -0.4 is 0 Å². The van der Waals surface area contributed by atoms with Gasteiger partial charge >= 0.3 is 5.97 Å². The molecule has 0 aromatic rings. The summed E-state index contributed by atoms with van der Waals surface area (Å²) in [6.07, 6.45) is 8.33.